The van der Waals surface area contributed by atoms with E-state index >= 15 is 0 Å². The maximum atomic E-state index is 11.7. The molecule has 9 nitrogen and oxygen atoms in total. The summed E-state index contributed by atoms with van der Waals surface area (Å²) >= 11 is 0. The Labute approximate surface area is 160 Å². The van der Waals surface area contributed by atoms with Crippen LogP contribution in [0.15, 0.2) is 63.7 Å². The van der Waals surface area contributed by atoms with Crippen LogP contribution in [0.1, 0.15) is 6.92 Å². The number of hydrogen-bond donors (Lipinski definition) is 4. The minimum Gasteiger partial charge on any atom is -0.507 e. The summed E-state index contributed by atoms with van der Waals surface area (Å²) in [7, 11) is -4.59. The monoisotopic (exact) mass is 400 g/mol. The summed E-state index contributed by atoms with van der Waals surface area (Å²) in [5.74, 6) is -0.465. The lowest BCUT2D eigenvalue weighted by atomic mass is 10.1. The maximum absolute atomic E-state index is 11.7. The first-order chi connectivity index (χ1) is 13.2. The first-order valence-electron chi connectivity index (χ1n) is 7.98. The van der Waals surface area contributed by atoms with Gasteiger partial charge in [-0.3, -0.25) is 9.35 Å². The van der Waals surface area contributed by atoms with Crippen LogP contribution in [0.5, 0.6) is 5.75 Å². The number of phenolic OH excluding ortho intramolecular Hbond substituents is 1. The molecule has 0 aliphatic rings. The molecule has 1 amide bonds. The zero-order valence-corrected chi connectivity index (χ0v) is 15.4. The number of hydrogen-bond acceptors (Lipinski definition) is 7. The number of fused-ring (bicyclic) bond motifs is 1. The Hall–Kier alpha value is -3.50. The Morgan fingerprint density at radius 3 is 2.39 bits per heavy atom. The van der Waals surface area contributed by atoms with E-state index in [1.54, 1.807) is 24.3 Å². The van der Waals surface area contributed by atoms with Crippen molar-refractivity contribution in [3.63, 3.8) is 0 Å². The number of nitrogens with two attached hydrogens (primary N) is 1. The second-order valence-electron chi connectivity index (χ2n) is 5.91. The molecule has 5 N–H and O–H groups in total. The van der Waals surface area contributed by atoms with E-state index in [4.69, 9.17) is 5.73 Å². The van der Waals surface area contributed by atoms with E-state index in [0.717, 1.165) is 6.07 Å². The third-order valence-corrected chi connectivity index (χ3v) is 4.75. The molecule has 3 rings (SSSR count). The van der Waals surface area contributed by atoms with E-state index < -0.39 is 15.0 Å². The van der Waals surface area contributed by atoms with Gasteiger partial charge < -0.3 is 16.2 Å². The normalized spacial score (nSPS) is 11.8. The summed E-state index contributed by atoms with van der Waals surface area (Å²) in [6.45, 7) is 1.39. The van der Waals surface area contributed by atoms with Crippen molar-refractivity contribution in [2.24, 2.45) is 10.2 Å². The molecule has 0 spiro atoms. The number of anilines is 2. The van der Waals surface area contributed by atoms with E-state index in [9.17, 15) is 22.9 Å². The molecular formula is C18H16N4O5S. The molecule has 144 valence electrons. The summed E-state index contributed by atoms with van der Waals surface area (Å²) in [5, 5.41) is 20.8. The molecule has 0 saturated heterocycles. The van der Waals surface area contributed by atoms with Crippen molar-refractivity contribution >= 4 is 49.5 Å². The first kappa shape index (κ1) is 19.3. The van der Waals surface area contributed by atoms with E-state index in [1.807, 2.05) is 0 Å². The standard InChI is InChI=1S/C18H16N4O5S/c1-10(23)20-11-5-7-12(8-6-11)21-22-14-9-16(28(25,26)27)13-3-2-4-15(24)17(13)18(14)19/h2-9,24H,19H2,1H3,(H,20,23)(H,25,26,27). The van der Waals surface area contributed by atoms with E-state index in [2.05, 4.69) is 15.5 Å². The Kier molecular flexibility index (Phi) is 4.99. The van der Waals surface area contributed by atoms with Gasteiger partial charge in [-0.2, -0.15) is 13.5 Å². The largest absolute Gasteiger partial charge is 0.507 e. The Morgan fingerprint density at radius 1 is 1.11 bits per heavy atom. The van der Waals surface area contributed by atoms with Crippen molar-refractivity contribution in [3.8, 4) is 5.75 Å². The number of carbonyl (C=O) groups is 1. The number of aromatic hydroxyl groups is 1. The second-order valence-corrected chi connectivity index (χ2v) is 7.30. The summed E-state index contributed by atoms with van der Waals surface area (Å²) in [6, 6.07) is 11.7. The molecule has 0 saturated carbocycles. The van der Waals surface area contributed by atoms with Crippen molar-refractivity contribution in [3.05, 3.63) is 48.5 Å². The lowest BCUT2D eigenvalue weighted by molar-refractivity contribution is -0.114. The molecule has 0 heterocycles. The average molecular weight is 400 g/mol. The fraction of sp³-hybridized carbons (Fsp3) is 0.0556. The minimum atomic E-state index is -4.59. The molecule has 0 aliphatic carbocycles. The molecule has 3 aromatic carbocycles. The molecule has 3 aromatic rings. The van der Waals surface area contributed by atoms with Gasteiger partial charge in [-0.05, 0) is 36.4 Å². The third-order valence-electron chi connectivity index (χ3n) is 3.86. The van der Waals surface area contributed by atoms with Crippen LogP contribution in [0.3, 0.4) is 0 Å². The van der Waals surface area contributed by atoms with Gasteiger partial charge in [0.2, 0.25) is 5.91 Å². The topological polar surface area (TPSA) is 154 Å². The van der Waals surface area contributed by atoms with Crippen molar-refractivity contribution in [1.29, 1.82) is 0 Å². The van der Waals surface area contributed by atoms with Crippen molar-refractivity contribution in [2.45, 2.75) is 11.8 Å². The minimum absolute atomic E-state index is 0.0131. The van der Waals surface area contributed by atoms with Crippen LogP contribution in [0.4, 0.5) is 22.7 Å². The van der Waals surface area contributed by atoms with Crippen LogP contribution in [-0.4, -0.2) is 24.0 Å². The summed E-state index contributed by atoms with van der Waals surface area (Å²) in [6.07, 6.45) is 0. The van der Waals surface area contributed by atoms with Crippen molar-refractivity contribution < 1.29 is 22.9 Å². The molecule has 0 fully saturated rings. The van der Waals surface area contributed by atoms with Crippen LogP contribution in [0, 0.1) is 0 Å². The lowest BCUT2D eigenvalue weighted by Crippen LogP contribution is -2.04. The second kappa shape index (κ2) is 7.25. The molecule has 28 heavy (non-hydrogen) atoms. The average Bonchev–Trinajstić information content (AvgIpc) is 2.61. The fourth-order valence-electron chi connectivity index (χ4n) is 2.66. The number of amides is 1. The predicted octanol–water partition coefficient (Wildman–Crippen LogP) is 3.75. The Bertz CT molecular complexity index is 1200. The van der Waals surface area contributed by atoms with Gasteiger partial charge in [0.05, 0.1) is 16.8 Å². The zero-order valence-electron chi connectivity index (χ0n) is 14.6. The van der Waals surface area contributed by atoms with Crippen molar-refractivity contribution in [2.75, 3.05) is 11.1 Å². The summed E-state index contributed by atoms with van der Waals surface area (Å²) < 4.78 is 33.0. The molecule has 0 aromatic heterocycles. The van der Waals surface area contributed by atoms with Crippen LogP contribution < -0.4 is 11.1 Å². The molecular weight excluding hydrogens is 384 g/mol. The van der Waals surface area contributed by atoms with Gasteiger partial charge in [0, 0.05) is 18.0 Å². The molecule has 0 radical (unpaired) electrons. The number of azo groups is 1. The maximum Gasteiger partial charge on any atom is 0.295 e. The van der Waals surface area contributed by atoms with Gasteiger partial charge in [-0.25, -0.2) is 0 Å². The first-order valence-corrected chi connectivity index (χ1v) is 9.42. The summed E-state index contributed by atoms with van der Waals surface area (Å²) in [5.41, 5.74) is 7.01. The molecule has 0 aliphatic heterocycles. The van der Waals surface area contributed by atoms with Crippen LogP contribution in [0.2, 0.25) is 0 Å². The number of nitrogens with one attached hydrogen (secondary N) is 1. The summed E-state index contributed by atoms with van der Waals surface area (Å²) in [4.78, 5) is 10.6. The van der Waals surface area contributed by atoms with Gasteiger partial charge in [0.25, 0.3) is 10.1 Å². The SMILES string of the molecule is CC(=O)Nc1ccc(N=Nc2cc(S(=O)(=O)O)c3cccc(O)c3c2N)cc1. The Morgan fingerprint density at radius 2 is 1.79 bits per heavy atom. The number of nitrogens with zero attached hydrogens (tertiary/aromatic N) is 2. The highest BCUT2D eigenvalue weighted by Crippen LogP contribution is 2.40. The highest BCUT2D eigenvalue weighted by molar-refractivity contribution is 7.86. The smallest absolute Gasteiger partial charge is 0.295 e. The number of nitrogen functional groups attached to an aromatic ring is 1. The number of rotatable bonds is 4. The molecule has 0 bridgehead atoms. The highest BCUT2D eigenvalue weighted by Gasteiger charge is 2.20. The van der Waals surface area contributed by atoms with Crippen LogP contribution in [0.25, 0.3) is 10.8 Å². The van der Waals surface area contributed by atoms with Crippen molar-refractivity contribution in [1.82, 2.24) is 0 Å². The van der Waals surface area contributed by atoms with Gasteiger partial charge in [-0.15, -0.1) is 5.11 Å². The third kappa shape index (κ3) is 3.92. The number of phenols is 1. The van der Waals surface area contributed by atoms with Gasteiger partial charge >= 0.3 is 0 Å². The van der Waals surface area contributed by atoms with E-state index in [1.165, 1.54) is 25.1 Å². The van der Waals surface area contributed by atoms with Crippen LogP contribution >= 0.6 is 0 Å². The van der Waals surface area contributed by atoms with Gasteiger partial charge in [0.15, 0.2) is 0 Å². The highest BCUT2D eigenvalue weighted by atomic mass is 32.2. The zero-order chi connectivity index (χ0) is 20.5. The quantitative estimate of drug-likeness (QED) is 0.297. The molecule has 0 atom stereocenters. The number of benzene rings is 3. The predicted molar refractivity (Wildman–Crippen MR) is 105 cm³/mol. The van der Waals surface area contributed by atoms with E-state index in [0.29, 0.717) is 11.4 Å². The van der Waals surface area contributed by atoms with Gasteiger partial charge in [0.1, 0.15) is 16.3 Å². The van der Waals surface area contributed by atoms with Crippen LogP contribution in [-0.2, 0) is 14.9 Å². The van der Waals surface area contributed by atoms with Gasteiger partial charge in [-0.1, -0.05) is 12.1 Å². The fourth-order valence-corrected chi connectivity index (χ4v) is 3.37. The number of carbonyl (C=O) groups excluding carboxylic acids is 1. The lowest BCUT2D eigenvalue weighted by Gasteiger charge is -2.10. The Balaban J connectivity index is 2.08. The molecule has 0 unspecified atom stereocenters. The molecule has 10 heteroatoms. The van der Waals surface area contributed by atoms with E-state index in [-0.39, 0.29) is 33.8 Å².